The van der Waals surface area contributed by atoms with Crippen molar-refractivity contribution in [2.45, 2.75) is 20.8 Å². The molecule has 0 aliphatic rings. The normalized spacial score (nSPS) is 11.9. The first-order valence-corrected chi connectivity index (χ1v) is 4.72. The minimum absolute atomic E-state index is 0.00519. The lowest BCUT2D eigenvalue weighted by Gasteiger charge is -2.04. The fraction of sp³-hybridized carbons (Fsp3) is 0.625. The van der Waals surface area contributed by atoms with Crippen LogP contribution in [0.5, 0.6) is 0 Å². The number of halogens is 1. The molecule has 0 saturated carbocycles. The smallest absolute Gasteiger partial charge is 0.244 e. The monoisotopic (exact) mass is 267 g/mol. The van der Waals surface area contributed by atoms with E-state index in [0.29, 0.717) is 5.92 Å². The van der Waals surface area contributed by atoms with Crippen molar-refractivity contribution in [3.8, 4) is 0 Å². The molecule has 0 heterocycles. The molecule has 0 aliphatic carbocycles. The van der Waals surface area contributed by atoms with Gasteiger partial charge < -0.3 is 5.32 Å². The van der Waals surface area contributed by atoms with Crippen LogP contribution in [0.2, 0.25) is 0 Å². The summed E-state index contributed by atoms with van der Waals surface area (Å²) >= 11 is 2.11. The topological polar surface area (TPSA) is 29.1 Å². The third-order valence-electron chi connectivity index (χ3n) is 1.01. The predicted molar refractivity (Wildman–Crippen MR) is 55.6 cm³/mol. The van der Waals surface area contributed by atoms with E-state index in [4.69, 9.17) is 0 Å². The molecule has 0 radical (unpaired) electrons. The summed E-state index contributed by atoms with van der Waals surface area (Å²) in [4.78, 5) is 11.0. The number of allylic oxidation sites excluding steroid dienone is 1. The minimum atomic E-state index is 0.00519. The van der Waals surface area contributed by atoms with Gasteiger partial charge in [0.05, 0.1) is 0 Å². The number of nitrogens with one attached hydrogen (secondary N) is 1. The van der Waals surface area contributed by atoms with E-state index in [2.05, 4.69) is 41.8 Å². The molecular formula is C8H14INO. The molecule has 64 valence electrons. The Kier molecular flexibility index (Phi) is 5.54. The van der Waals surface area contributed by atoms with E-state index >= 15 is 0 Å². The molecular weight excluding hydrogens is 253 g/mol. The molecule has 3 heteroatoms. The molecule has 0 aromatic carbocycles. The zero-order valence-electron chi connectivity index (χ0n) is 7.15. The Labute approximate surface area is 81.6 Å². The summed E-state index contributed by atoms with van der Waals surface area (Å²) in [5, 5.41) is 2.79. The number of carbonyl (C=O) groups excluding carboxylic acids is 1. The molecule has 0 spiro atoms. The second kappa shape index (κ2) is 5.57. The molecule has 0 atom stereocenters. The maximum absolute atomic E-state index is 11.0. The molecule has 0 aromatic rings. The first-order chi connectivity index (χ1) is 5.02. The Balaban J connectivity index is 3.63. The van der Waals surface area contributed by atoms with Crippen LogP contribution in [0.1, 0.15) is 20.8 Å². The van der Waals surface area contributed by atoms with Gasteiger partial charge >= 0.3 is 0 Å². The Morgan fingerprint density at radius 2 is 2.18 bits per heavy atom. The van der Waals surface area contributed by atoms with Gasteiger partial charge in [0.2, 0.25) is 5.91 Å². The number of hydrogen-bond donors (Lipinski definition) is 1. The first kappa shape index (κ1) is 10.9. The highest BCUT2D eigenvalue weighted by atomic mass is 127. The zero-order valence-corrected chi connectivity index (χ0v) is 9.31. The van der Waals surface area contributed by atoms with Gasteiger partial charge in [-0.15, -0.1) is 0 Å². The van der Waals surface area contributed by atoms with Gasteiger partial charge in [0.15, 0.2) is 0 Å². The molecule has 11 heavy (non-hydrogen) atoms. The van der Waals surface area contributed by atoms with E-state index in [9.17, 15) is 4.79 Å². The van der Waals surface area contributed by atoms with Crippen LogP contribution in [0, 0.1) is 5.92 Å². The lowest BCUT2D eigenvalue weighted by Crippen LogP contribution is -2.25. The zero-order chi connectivity index (χ0) is 8.85. The van der Waals surface area contributed by atoms with Crippen LogP contribution >= 0.6 is 22.6 Å². The fourth-order valence-electron chi connectivity index (χ4n) is 0.536. The van der Waals surface area contributed by atoms with Crippen molar-refractivity contribution in [3.63, 3.8) is 0 Å². The van der Waals surface area contributed by atoms with Crippen LogP contribution in [-0.2, 0) is 4.79 Å². The molecule has 1 amide bonds. The van der Waals surface area contributed by atoms with E-state index in [1.54, 1.807) is 6.08 Å². The predicted octanol–water partition coefficient (Wildman–Crippen LogP) is 2.10. The summed E-state index contributed by atoms with van der Waals surface area (Å²) < 4.78 is 1.00. The van der Waals surface area contributed by atoms with E-state index in [-0.39, 0.29) is 5.91 Å². The Bertz CT molecular complexity index is 159. The third kappa shape index (κ3) is 7.84. The molecule has 0 aromatic heterocycles. The van der Waals surface area contributed by atoms with Crippen LogP contribution < -0.4 is 5.32 Å². The van der Waals surface area contributed by atoms with Crippen molar-refractivity contribution in [3.05, 3.63) is 9.66 Å². The van der Waals surface area contributed by atoms with Gasteiger partial charge in [0, 0.05) is 12.6 Å². The van der Waals surface area contributed by atoms with Crippen molar-refractivity contribution in [1.29, 1.82) is 0 Å². The maximum Gasteiger partial charge on any atom is 0.244 e. The Morgan fingerprint density at radius 1 is 1.64 bits per heavy atom. The van der Waals surface area contributed by atoms with Crippen molar-refractivity contribution in [2.24, 2.45) is 5.92 Å². The molecule has 0 bridgehead atoms. The summed E-state index contributed by atoms with van der Waals surface area (Å²) in [6, 6.07) is 0. The molecule has 0 fully saturated rings. The third-order valence-corrected chi connectivity index (χ3v) is 1.33. The Morgan fingerprint density at radius 3 is 2.55 bits per heavy atom. The van der Waals surface area contributed by atoms with Gasteiger partial charge in [-0.2, -0.15) is 0 Å². The highest BCUT2D eigenvalue weighted by molar-refractivity contribution is 14.1. The number of amides is 1. The van der Waals surface area contributed by atoms with Gasteiger partial charge in [0.1, 0.15) is 0 Å². The highest BCUT2D eigenvalue weighted by Gasteiger charge is 1.97. The number of rotatable bonds is 3. The number of carbonyl (C=O) groups is 1. The summed E-state index contributed by atoms with van der Waals surface area (Å²) in [6.07, 6.45) is 1.60. The van der Waals surface area contributed by atoms with Crippen LogP contribution in [-0.4, -0.2) is 12.5 Å². The van der Waals surface area contributed by atoms with Crippen LogP contribution in [0.3, 0.4) is 0 Å². The van der Waals surface area contributed by atoms with Crippen molar-refractivity contribution < 1.29 is 4.79 Å². The summed E-state index contributed by atoms with van der Waals surface area (Å²) in [7, 11) is 0. The molecule has 0 aliphatic heterocycles. The first-order valence-electron chi connectivity index (χ1n) is 3.64. The van der Waals surface area contributed by atoms with Gasteiger partial charge in [-0.25, -0.2) is 0 Å². The molecule has 0 rings (SSSR count). The lowest BCUT2D eigenvalue weighted by molar-refractivity contribution is -0.116. The molecule has 0 unspecified atom stereocenters. The van der Waals surface area contributed by atoms with Gasteiger partial charge in [0.25, 0.3) is 0 Å². The van der Waals surface area contributed by atoms with Crippen molar-refractivity contribution in [2.75, 3.05) is 6.54 Å². The van der Waals surface area contributed by atoms with Crippen LogP contribution in [0.15, 0.2) is 9.66 Å². The average Bonchev–Trinajstić information content (AvgIpc) is 1.82. The summed E-state index contributed by atoms with van der Waals surface area (Å²) in [6.45, 7) is 6.79. The fourth-order valence-corrected chi connectivity index (χ4v) is 0.819. The van der Waals surface area contributed by atoms with Gasteiger partial charge in [-0.1, -0.05) is 13.8 Å². The van der Waals surface area contributed by atoms with Crippen molar-refractivity contribution >= 4 is 28.5 Å². The Hall–Kier alpha value is -0.0600. The summed E-state index contributed by atoms with van der Waals surface area (Å²) in [5.41, 5.74) is 0. The summed E-state index contributed by atoms with van der Waals surface area (Å²) in [5.74, 6) is 0.521. The van der Waals surface area contributed by atoms with Crippen LogP contribution in [0.25, 0.3) is 0 Å². The molecule has 1 N–H and O–H groups in total. The molecule has 0 saturated heterocycles. The molecule has 2 nitrogen and oxygen atoms in total. The maximum atomic E-state index is 11.0. The minimum Gasteiger partial charge on any atom is -0.352 e. The lowest BCUT2D eigenvalue weighted by atomic mass is 10.2. The van der Waals surface area contributed by atoms with Crippen LogP contribution in [0.4, 0.5) is 0 Å². The van der Waals surface area contributed by atoms with Crippen molar-refractivity contribution in [1.82, 2.24) is 5.32 Å². The van der Waals surface area contributed by atoms with E-state index in [0.717, 1.165) is 10.1 Å². The second-order valence-corrected chi connectivity index (χ2v) is 4.57. The highest BCUT2D eigenvalue weighted by Crippen LogP contribution is 2.01. The van der Waals surface area contributed by atoms with E-state index in [1.807, 2.05) is 6.92 Å². The van der Waals surface area contributed by atoms with E-state index < -0.39 is 0 Å². The number of hydrogen-bond acceptors (Lipinski definition) is 1. The SMILES string of the molecule is C/C(I)=C\C(=O)NCC(C)C. The second-order valence-electron chi connectivity index (χ2n) is 2.87. The van der Waals surface area contributed by atoms with E-state index in [1.165, 1.54) is 0 Å². The van der Waals surface area contributed by atoms with Gasteiger partial charge in [-0.05, 0) is 39.0 Å². The quantitative estimate of drug-likeness (QED) is 0.615. The van der Waals surface area contributed by atoms with Gasteiger partial charge in [-0.3, -0.25) is 4.79 Å². The standard InChI is InChI=1S/C8H14INO/c1-6(2)5-10-8(11)4-7(3)9/h4,6H,5H2,1-3H3,(H,10,11)/b7-4+. The average molecular weight is 267 g/mol. The largest absolute Gasteiger partial charge is 0.352 e.